The van der Waals surface area contributed by atoms with Crippen LogP contribution in [0.3, 0.4) is 0 Å². The van der Waals surface area contributed by atoms with E-state index in [9.17, 15) is 14.4 Å². The zero-order chi connectivity index (χ0) is 29.4. The molecule has 2 aliphatic rings. The number of nitrogens with zero attached hydrogens (tertiary/aromatic N) is 1. The van der Waals surface area contributed by atoms with E-state index in [1.54, 1.807) is 4.90 Å². The Labute approximate surface area is 248 Å². The molecule has 4 rings (SSSR count). The Hall–Kier alpha value is -3.50. The van der Waals surface area contributed by atoms with Crippen LogP contribution in [0.2, 0.25) is 0 Å². The highest BCUT2D eigenvalue weighted by Crippen LogP contribution is 2.34. The molecular weight excluding hydrogens is 536 g/mol. The number of hydrogen-bond acceptors (Lipinski definition) is 5. The summed E-state index contributed by atoms with van der Waals surface area (Å²) >= 11 is 5.35. The summed E-state index contributed by atoms with van der Waals surface area (Å²) in [6, 6.07) is 17.1. The lowest BCUT2D eigenvalue weighted by Crippen LogP contribution is -2.59. The van der Waals surface area contributed by atoms with Crippen molar-refractivity contribution < 1.29 is 14.4 Å². The highest BCUT2D eigenvalue weighted by Gasteiger charge is 2.48. The number of carbonyl (C=O) groups is 3. The van der Waals surface area contributed by atoms with Gasteiger partial charge in [-0.15, -0.1) is 0 Å². The first kappa shape index (κ1) is 30.5. The molecular formula is C31H42N6O3S. The van der Waals surface area contributed by atoms with Gasteiger partial charge < -0.3 is 31.9 Å². The summed E-state index contributed by atoms with van der Waals surface area (Å²) in [4.78, 5) is 42.8. The molecule has 0 bridgehead atoms. The van der Waals surface area contributed by atoms with Gasteiger partial charge in [-0.3, -0.25) is 14.4 Å². The lowest BCUT2D eigenvalue weighted by molar-refractivity contribution is -0.143. The van der Waals surface area contributed by atoms with Crippen LogP contribution in [-0.2, 0) is 14.4 Å². The number of fused-ring (bicyclic) bond motifs is 1. The number of carbonyl (C=O) groups excluding carboxylic acids is 3. The Morgan fingerprint density at radius 3 is 2.15 bits per heavy atom. The monoisotopic (exact) mass is 578 g/mol. The number of nitrogens with one attached hydrogen (secondary N) is 4. The van der Waals surface area contributed by atoms with Gasteiger partial charge in [0.15, 0.2) is 5.11 Å². The molecule has 2 heterocycles. The molecule has 6 N–H and O–H groups in total. The van der Waals surface area contributed by atoms with Crippen molar-refractivity contribution in [2.45, 2.75) is 76.2 Å². The molecule has 2 aromatic carbocycles. The average molecular weight is 579 g/mol. The van der Waals surface area contributed by atoms with Crippen LogP contribution in [0, 0.1) is 5.92 Å². The van der Waals surface area contributed by atoms with Crippen molar-refractivity contribution in [3.63, 3.8) is 0 Å². The molecule has 0 radical (unpaired) electrons. The quantitative estimate of drug-likeness (QED) is 0.274. The molecule has 2 aliphatic heterocycles. The maximum Gasteiger partial charge on any atom is 0.246 e. The van der Waals surface area contributed by atoms with E-state index in [0.717, 1.165) is 24.0 Å². The highest BCUT2D eigenvalue weighted by molar-refractivity contribution is 7.80. The van der Waals surface area contributed by atoms with E-state index in [4.69, 9.17) is 18.0 Å². The molecule has 0 aromatic heterocycles. The molecule has 220 valence electrons. The lowest BCUT2D eigenvalue weighted by atomic mass is 9.92. The number of hydrogen-bond donors (Lipinski definition) is 5. The predicted molar refractivity (Wildman–Crippen MR) is 164 cm³/mol. The zero-order valence-corrected chi connectivity index (χ0v) is 24.7. The van der Waals surface area contributed by atoms with Gasteiger partial charge in [0, 0.05) is 25.0 Å². The van der Waals surface area contributed by atoms with Gasteiger partial charge in [-0.05, 0) is 62.4 Å². The number of rotatable bonds is 10. The van der Waals surface area contributed by atoms with Crippen molar-refractivity contribution in [1.82, 2.24) is 26.2 Å². The van der Waals surface area contributed by atoms with Crippen LogP contribution in [0.4, 0.5) is 0 Å². The summed E-state index contributed by atoms with van der Waals surface area (Å²) in [5.74, 6) is -1.00. The molecule has 0 aliphatic carbocycles. The van der Waals surface area contributed by atoms with E-state index in [1.165, 1.54) is 0 Å². The van der Waals surface area contributed by atoms with Gasteiger partial charge in [-0.25, -0.2) is 0 Å². The molecule has 0 saturated carbocycles. The van der Waals surface area contributed by atoms with Crippen molar-refractivity contribution in [2.24, 2.45) is 11.7 Å². The fourth-order valence-corrected chi connectivity index (χ4v) is 6.10. The Bertz CT molecular complexity index is 1160. The third kappa shape index (κ3) is 7.42. The summed E-state index contributed by atoms with van der Waals surface area (Å²) in [5.41, 5.74) is 7.95. The van der Waals surface area contributed by atoms with Crippen molar-refractivity contribution in [1.29, 1.82) is 0 Å². The smallest absolute Gasteiger partial charge is 0.246 e. The standard InChI is InChI=1S/C31H42N6O3S/c1-3-24(32)28(38)36-27-22(19-34-31(41)33-4-2)15-16-23-17-18-25(37(23)30(27)40)29(39)35-26(20-11-7-5-8-12-20)21-13-9-6-10-14-21/h5-14,22-27H,3-4,15-19,32H2,1-2H3,(H,35,39)(H,36,38)(H2,33,34,41)/t22-,23+,24+,25+,27+/m1/s1. The Kier molecular flexibility index (Phi) is 10.7. The van der Waals surface area contributed by atoms with Crippen molar-refractivity contribution in [2.75, 3.05) is 13.1 Å². The van der Waals surface area contributed by atoms with Gasteiger partial charge >= 0.3 is 0 Å². The Balaban J connectivity index is 1.58. The summed E-state index contributed by atoms with van der Waals surface area (Å²) in [6.07, 6.45) is 3.20. The molecule has 41 heavy (non-hydrogen) atoms. The Morgan fingerprint density at radius 1 is 0.951 bits per heavy atom. The zero-order valence-electron chi connectivity index (χ0n) is 23.8. The van der Waals surface area contributed by atoms with E-state index in [-0.39, 0.29) is 35.7 Å². The first-order valence-corrected chi connectivity index (χ1v) is 15.0. The average Bonchev–Trinajstić information content (AvgIpc) is 3.38. The SMILES string of the molecule is CCNC(=S)NC[C@H]1CC[C@H]2CC[C@@H](C(=O)NC(c3ccccc3)c3ccccc3)N2C(=O)[C@H]1NC(=O)[C@@H](N)CC. The van der Waals surface area contributed by atoms with Crippen LogP contribution < -0.4 is 27.0 Å². The molecule has 0 unspecified atom stereocenters. The minimum Gasteiger partial charge on any atom is -0.363 e. The van der Waals surface area contributed by atoms with E-state index in [0.29, 0.717) is 37.5 Å². The molecule has 5 atom stereocenters. The Morgan fingerprint density at radius 2 is 1.56 bits per heavy atom. The van der Waals surface area contributed by atoms with E-state index < -0.39 is 18.1 Å². The molecule has 0 spiro atoms. The van der Waals surface area contributed by atoms with Gasteiger partial charge in [-0.1, -0.05) is 67.6 Å². The summed E-state index contributed by atoms with van der Waals surface area (Å²) in [7, 11) is 0. The van der Waals surface area contributed by atoms with Crippen LogP contribution >= 0.6 is 12.2 Å². The van der Waals surface area contributed by atoms with Crippen LogP contribution in [-0.4, -0.2) is 65.0 Å². The predicted octanol–water partition coefficient (Wildman–Crippen LogP) is 2.37. The van der Waals surface area contributed by atoms with E-state index in [2.05, 4.69) is 21.3 Å². The number of benzene rings is 2. The minimum absolute atomic E-state index is 0.0740. The molecule has 2 saturated heterocycles. The summed E-state index contributed by atoms with van der Waals surface area (Å²) < 4.78 is 0. The van der Waals surface area contributed by atoms with Gasteiger partial charge in [0.25, 0.3) is 0 Å². The topological polar surface area (TPSA) is 129 Å². The van der Waals surface area contributed by atoms with Crippen molar-refractivity contribution in [3.05, 3.63) is 71.8 Å². The van der Waals surface area contributed by atoms with Crippen molar-refractivity contribution in [3.8, 4) is 0 Å². The van der Waals surface area contributed by atoms with Gasteiger partial charge in [0.1, 0.15) is 12.1 Å². The fraction of sp³-hybridized carbons (Fsp3) is 0.484. The largest absolute Gasteiger partial charge is 0.363 e. The summed E-state index contributed by atoms with van der Waals surface area (Å²) in [6.45, 7) is 4.89. The molecule has 2 fully saturated rings. The third-order valence-corrected chi connectivity index (χ3v) is 8.45. The van der Waals surface area contributed by atoms with Crippen LogP contribution in [0.1, 0.15) is 63.1 Å². The second kappa shape index (κ2) is 14.4. The fourth-order valence-electron chi connectivity index (χ4n) is 5.87. The van der Waals surface area contributed by atoms with E-state index >= 15 is 0 Å². The minimum atomic E-state index is -0.811. The number of nitrogens with two attached hydrogens (primary N) is 1. The summed E-state index contributed by atoms with van der Waals surface area (Å²) in [5, 5.41) is 12.9. The van der Waals surface area contributed by atoms with Crippen LogP contribution in [0.15, 0.2) is 60.7 Å². The van der Waals surface area contributed by atoms with Crippen LogP contribution in [0.25, 0.3) is 0 Å². The first-order chi connectivity index (χ1) is 19.8. The molecule has 9 nitrogen and oxygen atoms in total. The van der Waals surface area contributed by atoms with Crippen molar-refractivity contribution >= 4 is 35.1 Å². The van der Waals surface area contributed by atoms with Gasteiger partial charge in [0.05, 0.1) is 12.1 Å². The maximum atomic E-state index is 14.2. The number of amides is 3. The van der Waals surface area contributed by atoms with Gasteiger partial charge in [0.2, 0.25) is 17.7 Å². The van der Waals surface area contributed by atoms with Gasteiger partial charge in [-0.2, -0.15) is 0 Å². The normalized spacial score (nSPS) is 22.8. The maximum absolute atomic E-state index is 14.2. The molecule has 10 heteroatoms. The van der Waals surface area contributed by atoms with Crippen LogP contribution in [0.5, 0.6) is 0 Å². The number of thiocarbonyl (C=S) groups is 1. The second-order valence-electron chi connectivity index (χ2n) is 10.8. The third-order valence-electron chi connectivity index (χ3n) is 8.16. The first-order valence-electron chi connectivity index (χ1n) is 14.6. The molecule has 3 amide bonds. The second-order valence-corrected chi connectivity index (χ2v) is 11.2. The lowest BCUT2D eigenvalue weighted by Gasteiger charge is -2.33. The highest BCUT2D eigenvalue weighted by atomic mass is 32.1. The van der Waals surface area contributed by atoms with E-state index in [1.807, 2.05) is 74.5 Å². The molecule has 2 aromatic rings.